The van der Waals surface area contributed by atoms with Gasteiger partial charge in [0.05, 0.1) is 18.3 Å². The second-order valence-corrected chi connectivity index (χ2v) is 5.89. The van der Waals surface area contributed by atoms with Crippen molar-refractivity contribution in [3.63, 3.8) is 0 Å². The van der Waals surface area contributed by atoms with E-state index in [4.69, 9.17) is 4.52 Å². The van der Waals surface area contributed by atoms with Gasteiger partial charge in [0.2, 0.25) is 0 Å². The molecule has 0 fully saturated rings. The highest BCUT2D eigenvalue weighted by Gasteiger charge is 2.27. The summed E-state index contributed by atoms with van der Waals surface area (Å²) < 4.78 is 5.17. The first-order chi connectivity index (χ1) is 10.4. The van der Waals surface area contributed by atoms with Crippen molar-refractivity contribution >= 4 is 6.03 Å². The fraction of sp³-hybridized carbons (Fsp3) is 0.750. The van der Waals surface area contributed by atoms with Crippen LogP contribution in [0.2, 0.25) is 0 Å². The van der Waals surface area contributed by atoms with Gasteiger partial charge in [0.15, 0.2) is 0 Å². The molecule has 3 N–H and O–H groups in total. The molecule has 0 spiro atoms. The zero-order valence-electron chi connectivity index (χ0n) is 14.3. The van der Waals surface area contributed by atoms with Crippen molar-refractivity contribution in [1.29, 1.82) is 0 Å². The first-order valence-electron chi connectivity index (χ1n) is 8.01. The van der Waals surface area contributed by atoms with Gasteiger partial charge in [-0.1, -0.05) is 25.9 Å². The normalized spacial score (nSPS) is 13.0. The molecule has 0 radical (unpaired) electrons. The van der Waals surface area contributed by atoms with Crippen LogP contribution >= 0.6 is 0 Å². The first kappa shape index (κ1) is 18.5. The van der Waals surface area contributed by atoms with Gasteiger partial charge in [-0.15, -0.1) is 0 Å². The molecule has 0 saturated carbocycles. The number of nitrogens with one attached hydrogen (secondary N) is 2. The van der Waals surface area contributed by atoms with E-state index in [2.05, 4.69) is 15.8 Å². The van der Waals surface area contributed by atoms with Gasteiger partial charge in [-0.3, -0.25) is 0 Å². The zero-order valence-corrected chi connectivity index (χ0v) is 14.3. The molecule has 6 heteroatoms. The Bertz CT molecular complexity index is 453. The van der Waals surface area contributed by atoms with Gasteiger partial charge in [-0.25, -0.2) is 4.79 Å². The molecule has 1 aromatic rings. The summed E-state index contributed by atoms with van der Waals surface area (Å²) in [5, 5.41) is 19.3. The number of aliphatic hydroxyl groups excluding tert-OH is 1. The predicted molar refractivity (Wildman–Crippen MR) is 85.6 cm³/mol. The minimum atomic E-state index is -0.248. The van der Waals surface area contributed by atoms with Crippen LogP contribution in [-0.4, -0.2) is 29.4 Å². The Kier molecular flexibility index (Phi) is 6.87. The molecule has 22 heavy (non-hydrogen) atoms. The Morgan fingerprint density at radius 3 is 2.36 bits per heavy atom. The molecule has 1 aromatic heterocycles. The Hall–Kier alpha value is -1.56. The average molecular weight is 311 g/mol. The number of aliphatic hydroxyl groups is 1. The summed E-state index contributed by atoms with van der Waals surface area (Å²) >= 11 is 0. The number of hydrogen-bond donors (Lipinski definition) is 3. The molecule has 0 aliphatic rings. The van der Waals surface area contributed by atoms with E-state index in [-0.39, 0.29) is 24.1 Å². The van der Waals surface area contributed by atoms with Crippen molar-refractivity contribution < 1.29 is 14.4 Å². The summed E-state index contributed by atoms with van der Waals surface area (Å²) in [4.78, 5) is 12.2. The Labute approximate surface area is 132 Å². The van der Waals surface area contributed by atoms with E-state index in [0.29, 0.717) is 6.54 Å². The summed E-state index contributed by atoms with van der Waals surface area (Å²) in [5.41, 5.74) is 1.50. The topological polar surface area (TPSA) is 87.4 Å². The van der Waals surface area contributed by atoms with Crippen LogP contribution in [0.3, 0.4) is 0 Å². The zero-order chi connectivity index (χ0) is 16.8. The Morgan fingerprint density at radius 2 is 1.95 bits per heavy atom. The smallest absolute Gasteiger partial charge is 0.315 e. The molecule has 1 rings (SSSR count). The first-order valence-corrected chi connectivity index (χ1v) is 8.01. The molecule has 1 atom stereocenters. The number of rotatable bonds is 8. The highest BCUT2D eigenvalue weighted by atomic mass is 16.5. The van der Waals surface area contributed by atoms with Gasteiger partial charge in [0.25, 0.3) is 0 Å². The van der Waals surface area contributed by atoms with Crippen molar-refractivity contribution in [1.82, 2.24) is 15.8 Å². The van der Waals surface area contributed by atoms with Gasteiger partial charge in [0, 0.05) is 17.5 Å². The molecule has 0 aliphatic heterocycles. The van der Waals surface area contributed by atoms with E-state index in [0.717, 1.165) is 36.3 Å². The van der Waals surface area contributed by atoms with Gasteiger partial charge in [-0.2, -0.15) is 0 Å². The number of aromatic nitrogens is 1. The molecule has 6 nitrogen and oxygen atoms in total. The van der Waals surface area contributed by atoms with Gasteiger partial charge >= 0.3 is 6.03 Å². The standard InChI is InChI=1S/C16H29N3O3/c1-6-13(14-11(4)19-22-12(14)5)18-15(21)17-9-16(7-2,8-3)10-20/h13,20H,6-10H2,1-5H3,(H2,17,18,21). The largest absolute Gasteiger partial charge is 0.396 e. The van der Waals surface area contributed by atoms with Crippen molar-refractivity contribution in [2.75, 3.05) is 13.2 Å². The molecule has 0 aliphatic carbocycles. The number of amides is 2. The maximum Gasteiger partial charge on any atom is 0.315 e. The van der Waals surface area contributed by atoms with Gasteiger partial charge < -0.3 is 20.3 Å². The summed E-state index contributed by atoms with van der Waals surface area (Å²) in [7, 11) is 0. The van der Waals surface area contributed by atoms with E-state index in [1.54, 1.807) is 0 Å². The number of urea groups is 1. The van der Waals surface area contributed by atoms with Crippen molar-refractivity contribution in [3.8, 4) is 0 Å². The van der Waals surface area contributed by atoms with Crippen LogP contribution in [0.5, 0.6) is 0 Å². The van der Waals surface area contributed by atoms with Crippen LogP contribution in [0.1, 0.15) is 63.1 Å². The van der Waals surface area contributed by atoms with Crippen LogP contribution in [0, 0.1) is 19.3 Å². The van der Waals surface area contributed by atoms with Crippen LogP contribution in [-0.2, 0) is 0 Å². The quantitative estimate of drug-likeness (QED) is 0.689. The Balaban J connectivity index is 2.67. The molecule has 0 bridgehead atoms. The maximum atomic E-state index is 12.2. The lowest BCUT2D eigenvalue weighted by molar-refractivity contribution is 0.115. The molecule has 0 saturated heterocycles. The highest BCUT2D eigenvalue weighted by molar-refractivity contribution is 5.74. The third kappa shape index (κ3) is 4.22. The van der Waals surface area contributed by atoms with E-state index < -0.39 is 0 Å². The molecule has 126 valence electrons. The summed E-state index contributed by atoms with van der Waals surface area (Å²) in [5.74, 6) is 0.733. The SMILES string of the molecule is CCC(NC(=O)NCC(CC)(CC)CO)c1c(C)noc1C. The lowest BCUT2D eigenvalue weighted by Crippen LogP contribution is -2.44. The molecule has 2 amide bonds. The molecular weight excluding hydrogens is 282 g/mol. The number of hydrogen-bond acceptors (Lipinski definition) is 4. The van der Waals surface area contributed by atoms with E-state index in [1.807, 2.05) is 34.6 Å². The van der Waals surface area contributed by atoms with Crippen LogP contribution < -0.4 is 10.6 Å². The Morgan fingerprint density at radius 1 is 1.32 bits per heavy atom. The molecule has 1 heterocycles. The molecule has 0 aromatic carbocycles. The van der Waals surface area contributed by atoms with E-state index in [1.165, 1.54) is 0 Å². The monoisotopic (exact) mass is 311 g/mol. The van der Waals surface area contributed by atoms with Crippen molar-refractivity contribution in [2.45, 2.75) is 59.9 Å². The molecular formula is C16H29N3O3. The third-order valence-electron chi connectivity index (χ3n) is 4.61. The number of carbonyl (C=O) groups is 1. The lowest BCUT2D eigenvalue weighted by atomic mass is 9.83. The second-order valence-electron chi connectivity index (χ2n) is 5.89. The van der Waals surface area contributed by atoms with Crippen LogP contribution in [0.4, 0.5) is 4.79 Å². The minimum absolute atomic E-state index is 0.0708. The summed E-state index contributed by atoms with van der Waals surface area (Å²) in [6.45, 7) is 10.3. The number of nitrogens with zero attached hydrogens (tertiary/aromatic N) is 1. The second kappa shape index (κ2) is 8.17. The van der Waals surface area contributed by atoms with E-state index >= 15 is 0 Å². The highest BCUT2D eigenvalue weighted by Crippen LogP contribution is 2.25. The van der Waals surface area contributed by atoms with Crippen molar-refractivity contribution in [2.24, 2.45) is 5.41 Å². The maximum absolute atomic E-state index is 12.2. The number of aryl methyl sites for hydroxylation is 2. The van der Waals surface area contributed by atoms with Crippen LogP contribution in [0.15, 0.2) is 4.52 Å². The lowest BCUT2D eigenvalue weighted by Gasteiger charge is -2.30. The van der Waals surface area contributed by atoms with E-state index in [9.17, 15) is 9.90 Å². The van der Waals surface area contributed by atoms with Gasteiger partial charge in [0.1, 0.15) is 5.76 Å². The fourth-order valence-electron chi connectivity index (χ4n) is 2.62. The number of carbonyl (C=O) groups excluding carboxylic acids is 1. The predicted octanol–water partition coefficient (Wildman–Crippen LogP) is 2.84. The van der Waals surface area contributed by atoms with Gasteiger partial charge in [-0.05, 0) is 33.1 Å². The summed E-state index contributed by atoms with van der Waals surface area (Å²) in [6, 6.07) is -0.357. The minimum Gasteiger partial charge on any atom is -0.396 e. The third-order valence-corrected chi connectivity index (χ3v) is 4.61. The fourth-order valence-corrected chi connectivity index (χ4v) is 2.62. The van der Waals surface area contributed by atoms with Crippen molar-refractivity contribution in [3.05, 3.63) is 17.0 Å². The average Bonchev–Trinajstić information content (AvgIpc) is 2.86. The molecule has 1 unspecified atom stereocenters. The summed E-state index contributed by atoms with van der Waals surface area (Å²) in [6.07, 6.45) is 2.39. The van der Waals surface area contributed by atoms with Crippen LogP contribution in [0.25, 0.3) is 0 Å².